The number of amides is 5. The number of aryl methyl sites for hydroxylation is 2. The van der Waals surface area contributed by atoms with Crippen LogP contribution >= 0.6 is 22.9 Å². The van der Waals surface area contributed by atoms with E-state index in [4.69, 9.17) is 35.5 Å². The summed E-state index contributed by atoms with van der Waals surface area (Å²) >= 11 is 7.89. The summed E-state index contributed by atoms with van der Waals surface area (Å²) in [4.78, 5) is 71.0. The van der Waals surface area contributed by atoms with Crippen LogP contribution in [0.4, 0.5) is 11.4 Å². The van der Waals surface area contributed by atoms with E-state index in [-0.39, 0.29) is 36.3 Å². The molecule has 0 aliphatic carbocycles. The summed E-state index contributed by atoms with van der Waals surface area (Å²) in [6, 6.07) is 18.0. The van der Waals surface area contributed by atoms with Crippen LogP contribution in [0.15, 0.2) is 71.7 Å². The van der Waals surface area contributed by atoms with Gasteiger partial charge in [-0.2, -0.15) is 0 Å². The maximum atomic E-state index is 13.5. The molecule has 3 aliphatic heterocycles. The van der Waals surface area contributed by atoms with Gasteiger partial charge in [-0.3, -0.25) is 43.7 Å². The summed E-state index contributed by atoms with van der Waals surface area (Å²) in [5, 5.41) is 18.8. The number of aromatic nitrogens is 3. The number of nitrogens with one attached hydrogen (secondary N) is 3. The molecule has 338 valence electrons. The maximum absolute atomic E-state index is 13.5. The second-order valence-electron chi connectivity index (χ2n) is 15.5. The molecule has 2 atom stereocenters. The van der Waals surface area contributed by atoms with Gasteiger partial charge < -0.3 is 29.6 Å². The number of rotatable bonds is 19. The molecule has 1 saturated heterocycles. The number of hydrogen-bond acceptors (Lipinski definition) is 14. The average molecular weight is 923 g/mol. The third kappa shape index (κ3) is 10.0. The molecule has 0 saturated carbocycles. The van der Waals surface area contributed by atoms with Gasteiger partial charge in [-0.1, -0.05) is 29.8 Å². The van der Waals surface area contributed by atoms with E-state index in [1.54, 1.807) is 53.8 Å². The first kappa shape index (κ1) is 45.3. The Kier molecular flexibility index (Phi) is 14.1. The molecule has 5 heterocycles. The topological polar surface area (TPSA) is 205 Å². The van der Waals surface area contributed by atoms with Crippen LogP contribution in [0.25, 0.3) is 5.00 Å². The molecule has 8 rings (SSSR count). The number of thiophene rings is 1. The van der Waals surface area contributed by atoms with Crippen LogP contribution in [0.1, 0.15) is 79.2 Å². The van der Waals surface area contributed by atoms with Crippen molar-refractivity contribution in [2.24, 2.45) is 4.99 Å². The minimum absolute atomic E-state index is 0.0499. The van der Waals surface area contributed by atoms with Crippen molar-refractivity contribution < 1.29 is 42.9 Å². The van der Waals surface area contributed by atoms with Gasteiger partial charge in [0.25, 0.3) is 11.8 Å². The van der Waals surface area contributed by atoms with E-state index in [9.17, 15) is 24.0 Å². The number of nitrogens with zero attached hydrogens (tertiary/aromatic N) is 5. The van der Waals surface area contributed by atoms with E-state index in [0.717, 1.165) is 38.1 Å². The summed E-state index contributed by atoms with van der Waals surface area (Å²) in [7, 11) is 0. The van der Waals surface area contributed by atoms with Crippen molar-refractivity contribution in [2.75, 3.05) is 63.4 Å². The molecule has 0 bridgehead atoms. The highest BCUT2D eigenvalue weighted by molar-refractivity contribution is 7.15. The van der Waals surface area contributed by atoms with Crippen LogP contribution in [0.2, 0.25) is 5.02 Å². The molecule has 0 unspecified atom stereocenters. The number of piperidine rings is 1. The Balaban J connectivity index is 0.716. The minimum Gasteiger partial charge on any atom is -0.491 e. The van der Waals surface area contributed by atoms with Gasteiger partial charge in [0.1, 0.15) is 35.3 Å². The molecule has 19 heteroatoms. The van der Waals surface area contributed by atoms with E-state index in [1.807, 2.05) is 35.8 Å². The number of ether oxygens (including phenoxy) is 4. The van der Waals surface area contributed by atoms with Crippen molar-refractivity contribution in [1.82, 2.24) is 25.0 Å². The normalized spacial score (nSPS) is 16.7. The van der Waals surface area contributed by atoms with E-state index in [2.05, 4.69) is 40.0 Å². The first-order chi connectivity index (χ1) is 31.5. The number of benzene rings is 3. The average Bonchev–Trinajstić information content (AvgIpc) is 3.87. The van der Waals surface area contributed by atoms with Gasteiger partial charge in [-0.15, -0.1) is 21.5 Å². The third-order valence-electron chi connectivity index (χ3n) is 11.1. The summed E-state index contributed by atoms with van der Waals surface area (Å²) in [6.07, 6.45) is 0.196. The van der Waals surface area contributed by atoms with Crippen molar-refractivity contribution in [2.45, 2.75) is 52.1 Å². The molecule has 2 aromatic heterocycles. The Morgan fingerprint density at radius 1 is 0.846 bits per heavy atom. The molecular formula is C46H47ClN8O9S. The molecule has 1 fully saturated rings. The molecule has 0 radical (unpaired) electrons. The number of imide groups is 2. The summed E-state index contributed by atoms with van der Waals surface area (Å²) in [5.41, 5.74) is 5.28. The zero-order chi connectivity index (χ0) is 45.6. The quantitative estimate of drug-likeness (QED) is 0.0668. The maximum Gasteiger partial charge on any atom is 0.264 e. The van der Waals surface area contributed by atoms with Crippen LogP contribution in [-0.2, 0) is 28.6 Å². The highest BCUT2D eigenvalue weighted by atomic mass is 35.5. The predicted octanol–water partition coefficient (Wildman–Crippen LogP) is 5.77. The number of halogens is 1. The monoisotopic (exact) mass is 922 g/mol. The fourth-order valence-corrected chi connectivity index (χ4v) is 9.18. The SMILES string of the molecule is Cc1sc2c(c1C)C(c1ccc(Cl)cc1)=N[C@@H](CC(=O)Nc1ccc(OCCOCCOCCOCCNc3cccc4c3C(=O)N([C@@H]3CCC(=O)NC3=O)C4=O)cc1)c1nnc(C)n1-2. The summed E-state index contributed by atoms with van der Waals surface area (Å²) in [6.45, 7) is 8.86. The Hall–Kier alpha value is -6.31. The Bertz CT molecular complexity index is 2650. The number of carbonyl (C=O) groups excluding carboxylic acids is 5. The molecule has 0 spiro atoms. The number of fused-ring (bicyclic) bond motifs is 4. The highest BCUT2D eigenvalue weighted by Gasteiger charge is 2.45. The van der Waals surface area contributed by atoms with Crippen LogP contribution in [0.5, 0.6) is 5.75 Å². The van der Waals surface area contributed by atoms with Crippen LogP contribution < -0.4 is 20.7 Å². The lowest BCUT2D eigenvalue weighted by atomic mass is 9.99. The lowest BCUT2D eigenvalue weighted by molar-refractivity contribution is -0.136. The zero-order valence-electron chi connectivity index (χ0n) is 36.0. The zero-order valence-corrected chi connectivity index (χ0v) is 37.6. The smallest absolute Gasteiger partial charge is 0.264 e. The number of aliphatic imine (C=N–C) groups is 1. The van der Waals surface area contributed by atoms with Crippen LogP contribution in [-0.4, -0.2) is 114 Å². The molecule has 5 amide bonds. The van der Waals surface area contributed by atoms with Gasteiger partial charge in [0.2, 0.25) is 17.7 Å². The van der Waals surface area contributed by atoms with E-state index in [0.29, 0.717) is 80.8 Å². The molecule has 3 aromatic carbocycles. The van der Waals surface area contributed by atoms with E-state index >= 15 is 0 Å². The van der Waals surface area contributed by atoms with Crippen molar-refractivity contribution >= 4 is 69.6 Å². The number of hydrogen-bond donors (Lipinski definition) is 3. The fraction of sp³-hybridized carbons (Fsp3) is 0.348. The number of anilines is 2. The largest absolute Gasteiger partial charge is 0.491 e. The Morgan fingerprint density at radius 2 is 1.55 bits per heavy atom. The van der Waals surface area contributed by atoms with Gasteiger partial charge in [0, 0.05) is 45.4 Å². The standard InChI is InChI=1S/C46H47ClN8O9S/c1-26-27(2)65-46-39(26)41(29-7-9-30(47)10-8-29)50-35(42-53-52-28(3)54(42)46)25-38(57)49-31-11-13-32(14-12-31)64-24-23-63-22-21-62-20-19-61-18-17-48-34-6-4-5-33-40(34)45(60)55(44(33)59)36-15-16-37(56)51-43(36)58/h4-14,35-36,48H,15-25H2,1-3H3,(H,49,57)(H,51,56,58)/t35-,36+/m0/s1. The van der Waals surface area contributed by atoms with Crippen molar-refractivity contribution in [3.63, 3.8) is 0 Å². The van der Waals surface area contributed by atoms with Gasteiger partial charge >= 0.3 is 0 Å². The molecule has 17 nitrogen and oxygen atoms in total. The predicted molar refractivity (Wildman–Crippen MR) is 243 cm³/mol. The van der Waals surface area contributed by atoms with Gasteiger partial charge in [-0.25, -0.2) is 0 Å². The van der Waals surface area contributed by atoms with Crippen LogP contribution in [0.3, 0.4) is 0 Å². The van der Waals surface area contributed by atoms with Gasteiger partial charge in [-0.05, 0) is 81.3 Å². The number of carbonyl (C=O) groups is 5. The van der Waals surface area contributed by atoms with Crippen molar-refractivity contribution in [3.05, 3.63) is 116 Å². The van der Waals surface area contributed by atoms with Crippen molar-refractivity contribution in [3.8, 4) is 10.8 Å². The van der Waals surface area contributed by atoms with E-state index in [1.165, 1.54) is 4.88 Å². The highest BCUT2D eigenvalue weighted by Crippen LogP contribution is 2.40. The Morgan fingerprint density at radius 3 is 2.28 bits per heavy atom. The first-order valence-electron chi connectivity index (χ1n) is 21.2. The van der Waals surface area contributed by atoms with Gasteiger partial charge in [0.05, 0.1) is 62.9 Å². The van der Waals surface area contributed by atoms with Crippen LogP contribution in [0, 0.1) is 20.8 Å². The summed E-state index contributed by atoms with van der Waals surface area (Å²) in [5.74, 6) is -0.476. The molecule has 3 aliphatic rings. The molecule has 65 heavy (non-hydrogen) atoms. The lowest BCUT2D eigenvalue weighted by Gasteiger charge is -2.27. The molecular weight excluding hydrogens is 876 g/mol. The van der Waals surface area contributed by atoms with Crippen molar-refractivity contribution in [1.29, 1.82) is 0 Å². The third-order valence-corrected chi connectivity index (χ3v) is 12.6. The molecule has 3 N–H and O–H groups in total. The Labute approximate surface area is 383 Å². The minimum atomic E-state index is -1.03. The van der Waals surface area contributed by atoms with Gasteiger partial charge in [0.15, 0.2) is 5.82 Å². The summed E-state index contributed by atoms with van der Waals surface area (Å²) < 4.78 is 24.7. The first-order valence-corrected chi connectivity index (χ1v) is 22.4. The fourth-order valence-electron chi connectivity index (χ4n) is 7.84. The second-order valence-corrected chi connectivity index (χ2v) is 17.1. The lowest BCUT2D eigenvalue weighted by Crippen LogP contribution is -2.54. The molecule has 5 aromatic rings. The van der Waals surface area contributed by atoms with E-state index < -0.39 is 35.7 Å². The second kappa shape index (κ2) is 20.2.